The van der Waals surface area contributed by atoms with Crippen LogP contribution in [-0.2, 0) is 32.6 Å². The molecule has 0 heterocycles. The van der Waals surface area contributed by atoms with E-state index < -0.39 is 28.5 Å². The van der Waals surface area contributed by atoms with Crippen molar-refractivity contribution in [3.05, 3.63) is 119 Å². The molecule has 1 atom stereocenters. The molecule has 0 spiro atoms. The summed E-state index contributed by atoms with van der Waals surface area (Å²) in [5.41, 5.74) is 1.82. The van der Waals surface area contributed by atoms with E-state index in [1.165, 1.54) is 31.3 Å². The molecule has 4 aromatic rings. The van der Waals surface area contributed by atoms with Crippen LogP contribution in [0, 0.1) is 0 Å². The number of carbonyl (C=O) groups is 2. The number of methoxy groups -OCH3 is 2. The molecule has 0 aromatic heterocycles. The number of anilines is 1. The molecular weight excluding hydrogens is 682 g/mol. The number of carbonyl (C=O) groups excluding carboxylic acids is 2. The largest absolute Gasteiger partial charge is 0.497 e. The van der Waals surface area contributed by atoms with Crippen LogP contribution in [0.1, 0.15) is 30.9 Å². The lowest BCUT2D eigenvalue weighted by Gasteiger charge is -2.34. The Bertz CT molecular complexity index is 1740. The summed E-state index contributed by atoms with van der Waals surface area (Å²) in [5.74, 6) is -0.108. The minimum Gasteiger partial charge on any atom is -0.497 e. The molecule has 0 radical (unpaired) electrons. The Morgan fingerprint density at radius 2 is 1.53 bits per heavy atom. The fourth-order valence-corrected chi connectivity index (χ4v) is 6.99. The molecule has 2 amide bonds. The number of para-hydroxylation sites is 2. The molecule has 0 saturated carbocycles. The molecule has 1 N–H and O–H groups in total. The summed E-state index contributed by atoms with van der Waals surface area (Å²) in [4.78, 5) is 30.0. The minimum atomic E-state index is -4.30. The van der Waals surface area contributed by atoms with Crippen LogP contribution in [0.25, 0.3) is 0 Å². The first-order valence-corrected chi connectivity index (χ1v) is 17.6. The quantitative estimate of drug-likeness (QED) is 0.138. The van der Waals surface area contributed by atoms with Gasteiger partial charge in [-0.15, -0.1) is 0 Å². The molecule has 9 nitrogen and oxygen atoms in total. The van der Waals surface area contributed by atoms with Gasteiger partial charge in [-0.05, 0) is 66.1 Å². The highest BCUT2D eigenvalue weighted by atomic mass is 79.9. The van der Waals surface area contributed by atoms with Gasteiger partial charge in [-0.2, -0.15) is 0 Å². The number of nitrogens with one attached hydrogen (secondary N) is 1. The zero-order valence-electron chi connectivity index (χ0n) is 26.8. The van der Waals surface area contributed by atoms with E-state index in [2.05, 4.69) is 21.2 Å². The summed E-state index contributed by atoms with van der Waals surface area (Å²) in [7, 11) is -1.37. The summed E-state index contributed by atoms with van der Waals surface area (Å²) in [6, 6.07) is 28.6. The van der Waals surface area contributed by atoms with Crippen LogP contribution in [0.15, 0.2) is 112 Å². The molecule has 0 bridgehead atoms. The monoisotopic (exact) mass is 721 g/mol. The molecule has 4 rings (SSSR count). The number of benzene rings is 4. The van der Waals surface area contributed by atoms with Gasteiger partial charge < -0.3 is 19.7 Å². The first-order valence-electron chi connectivity index (χ1n) is 15.3. The number of amides is 2. The van der Waals surface area contributed by atoms with E-state index in [1.807, 2.05) is 61.5 Å². The fraction of sp³-hybridized carbons (Fsp3) is 0.278. The smallest absolute Gasteiger partial charge is 0.264 e. The number of unbranched alkanes of at least 4 members (excludes halogenated alkanes) is 1. The molecule has 248 valence electrons. The molecular formula is C36H40BrN3O6S. The fourth-order valence-electron chi connectivity index (χ4n) is 5.12. The van der Waals surface area contributed by atoms with Crippen molar-refractivity contribution in [3.63, 3.8) is 0 Å². The second kappa shape index (κ2) is 17.0. The number of nitrogens with zero attached hydrogens (tertiary/aromatic N) is 2. The second-order valence-corrected chi connectivity index (χ2v) is 13.6. The molecule has 0 unspecified atom stereocenters. The number of hydrogen-bond donors (Lipinski definition) is 1. The van der Waals surface area contributed by atoms with E-state index >= 15 is 0 Å². The zero-order chi connectivity index (χ0) is 33.8. The summed E-state index contributed by atoms with van der Waals surface area (Å²) >= 11 is 3.51. The lowest BCUT2D eigenvalue weighted by molar-refractivity contribution is -0.140. The Kier molecular flexibility index (Phi) is 12.8. The third-order valence-electron chi connectivity index (χ3n) is 7.62. The van der Waals surface area contributed by atoms with Crippen molar-refractivity contribution in [2.45, 2.75) is 43.7 Å². The average molecular weight is 723 g/mol. The van der Waals surface area contributed by atoms with Gasteiger partial charge >= 0.3 is 0 Å². The number of sulfonamides is 1. The Morgan fingerprint density at radius 3 is 2.19 bits per heavy atom. The maximum atomic E-state index is 14.6. The Labute approximate surface area is 285 Å². The highest BCUT2D eigenvalue weighted by molar-refractivity contribution is 9.10. The van der Waals surface area contributed by atoms with Crippen LogP contribution in [-0.4, -0.2) is 58.5 Å². The standard InChI is InChI=1S/C36H40BrN3O6S/c1-4-5-22-38-36(42)33(24-27-12-7-6-8-13-27)39(25-28-14-11-15-29(37)23-28)35(41)26-40(32-16-9-10-17-34(32)46-3)47(43,44)31-20-18-30(45-2)19-21-31/h6-21,23,33H,4-5,22,24-26H2,1-3H3,(H,38,42)/t33-/m0/s1. The topological polar surface area (TPSA) is 105 Å². The predicted octanol–water partition coefficient (Wildman–Crippen LogP) is 6.22. The number of rotatable bonds is 16. The first-order chi connectivity index (χ1) is 22.7. The normalized spacial score (nSPS) is 11.7. The van der Waals surface area contributed by atoms with E-state index in [1.54, 1.807) is 36.4 Å². The number of hydrogen-bond acceptors (Lipinski definition) is 6. The highest BCUT2D eigenvalue weighted by Gasteiger charge is 2.35. The third-order valence-corrected chi connectivity index (χ3v) is 9.89. The van der Waals surface area contributed by atoms with Crippen molar-refractivity contribution >= 4 is 43.5 Å². The van der Waals surface area contributed by atoms with Crippen molar-refractivity contribution < 1.29 is 27.5 Å². The van der Waals surface area contributed by atoms with Crippen molar-refractivity contribution in [3.8, 4) is 11.5 Å². The van der Waals surface area contributed by atoms with Crippen molar-refractivity contribution in [2.24, 2.45) is 0 Å². The van der Waals surface area contributed by atoms with Crippen molar-refractivity contribution in [1.29, 1.82) is 0 Å². The van der Waals surface area contributed by atoms with Gasteiger partial charge in [-0.1, -0.05) is 83.9 Å². The maximum Gasteiger partial charge on any atom is 0.264 e. The Balaban J connectivity index is 1.82. The van der Waals surface area contributed by atoms with Gasteiger partial charge in [0.05, 0.1) is 24.8 Å². The van der Waals surface area contributed by atoms with Crippen LogP contribution in [0.5, 0.6) is 11.5 Å². The lowest BCUT2D eigenvalue weighted by Crippen LogP contribution is -2.53. The number of halogens is 1. The Hall–Kier alpha value is -4.35. The van der Waals surface area contributed by atoms with Crippen molar-refractivity contribution in [1.82, 2.24) is 10.2 Å². The van der Waals surface area contributed by atoms with E-state index in [0.29, 0.717) is 12.3 Å². The third kappa shape index (κ3) is 9.36. The van der Waals surface area contributed by atoms with E-state index in [9.17, 15) is 18.0 Å². The van der Waals surface area contributed by atoms with Crippen LogP contribution in [0.3, 0.4) is 0 Å². The number of ether oxygens (including phenoxy) is 2. The zero-order valence-corrected chi connectivity index (χ0v) is 29.2. The molecule has 0 saturated heterocycles. The van der Waals surface area contributed by atoms with Crippen molar-refractivity contribution in [2.75, 3.05) is 31.6 Å². The Morgan fingerprint density at radius 1 is 0.851 bits per heavy atom. The SMILES string of the molecule is CCCCNC(=O)[C@H](Cc1ccccc1)N(Cc1cccc(Br)c1)C(=O)CN(c1ccccc1OC)S(=O)(=O)c1ccc(OC)cc1. The molecule has 0 aliphatic heterocycles. The minimum absolute atomic E-state index is 0.0336. The molecule has 0 aliphatic carbocycles. The first kappa shape index (κ1) is 35.5. The van der Waals surface area contributed by atoms with Crippen LogP contribution in [0.2, 0.25) is 0 Å². The molecule has 11 heteroatoms. The molecule has 0 aliphatic rings. The maximum absolute atomic E-state index is 14.6. The summed E-state index contributed by atoms with van der Waals surface area (Å²) in [6.45, 7) is 1.97. The second-order valence-electron chi connectivity index (χ2n) is 10.9. The van der Waals surface area contributed by atoms with Gasteiger partial charge in [0, 0.05) is 24.0 Å². The van der Waals surface area contributed by atoms with Gasteiger partial charge in [0.2, 0.25) is 11.8 Å². The van der Waals surface area contributed by atoms with Crippen LogP contribution in [0.4, 0.5) is 5.69 Å². The van der Waals surface area contributed by atoms with Crippen LogP contribution >= 0.6 is 15.9 Å². The van der Waals surface area contributed by atoms with Gasteiger partial charge in [0.1, 0.15) is 24.1 Å². The molecule has 0 fully saturated rings. The average Bonchev–Trinajstić information content (AvgIpc) is 3.09. The van der Waals surface area contributed by atoms with E-state index in [-0.39, 0.29) is 35.2 Å². The molecule has 4 aromatic carbocycles. The van der Waals surface area contributed by atoms with E-state index in [0.717, 1.165) is 32.7 Å². The predicted molar refractivity (Wildman–Crippen MR) is 187 cm³/mol. The highest BCUT2D eigenvalue weighted by Crippen LogP contribution is 2.33. The van der Waals surface area contributed by atoms with Crippen LogP contribution < -0.4 is 19.1 Å². The summed E-state index contributed by atoms with van der Waals surface area (Å²) in [6.07, 6.45) is 1.91. The van der Waals surface area contributed by atoms with Gasteiger partial charge in [0.25, 0.3) is 10.0 Å². The van der Waals surface area contributed by atoms with Gasteiger partial charge in [-0.3, -0.25) is 13.9 Å². The lowest BCUT2D eigenvalue weighted by atomic mass is 10.0. The molecule has 47 heavy (non-hydrogen) atoms. The summed E-state index contributed by atoms with van der Waals surface area (Å²) < 4.78 is 41.2. The van der Waals surface area contributed by atoms with Gasteiger partial charge in [0.15, 0.2) is 0 Å². The van der Waals surface area contributed by atoms with E-state index in [4.69, 9.17) is 9.47 Å². The summed E-state index contributed by atoms with van der Waals surface area (Å²) in [5, 5.41) is 3.00. The van der Waals surface area contributed by atoms with Gasteiger partial charge in [-0.25, -0.2) is 8.42 Å².